The summed E-state index contributed by atoms with van der Waals surface area (Å²) in [6.45, 7) is 13.1. The van der Waals surface area contributed by atoms with E-state index < -0.39 is 0 Å². The molecule has 1 aliphatic carbocycles. The zero-order chi connectivity index (χ0) is 17.5. The van der Waals surface area contributed by atoms with Gasteiger partial charge in [-0.2, -0.15) is 0 Å². The minimum atomic E-state index is 0. The van der Waals surface area contributed by atoms with Crippen molar-refractivity contribution in [1.82, 2.24) is 0 Å². The maximum atomic E-state index is 2.51. The van der Waals surface area contributed by atoms with Crippen LogP contribution in [-0.4, -0.2) is 31.2 Å². The van der Waals surface area contributed by atoms with Crippen molar-refractivity contribution in [3.8, 4) is 0 Å². The molecule has 1 aliphatic rings. The van der Waals surface area contributed by atoms with Crippen LogP contribution in [-0.2, 0) is 0 Å². The Hall–Kier alpha value is 0.170. The Morgan fingerprint density at radius 3 is 2.42 bits per heavy atom. The summed E-state index contributed by atoms with van der Waals surface area (Å²) in [5.74, 6) is 0.614. The first-order valence-electron chi connectivity index (χ1n) is 9.88. The second-order valence-electron chi connectivity index (χ2n) is 9.00. The monoisotopic (exact) mass is 447 g/mol. The lowest BCUT2D eigenvalue weighted by Crippen LogP contribution is -3.00. The van der Waals surface area contributed by atoms with Crippen LogP contribution in [0.2, 0.25) is 0 Å². The summed E-state index contributed by atoms with van der Waals surface area (Å²) in [6.07, 6.45) is 16.9. The molecule has 0 saturated heterocycles. The summed E-state index contributed by atoms with van der Waals surface area (Å²) in [5.41, 5.74) is 1.97. The quantitative estimate of drug-likeness (QED) is 0.220. The van der Waals surface area contributed by atoms with E-state index in [1.165, 1.54) is 51.5 Å². The van der Waals surface area contributed by atoms with E-state index in [2.05, 4.69) is 66.9 Å². The first kappa shape index (κ1) is 24.2. The van der Waals surface area contributed by atoms with Crippen LogP contribution in [0.15, 0.2) is 23.8 Å². The number of halogens is 1. The summed E-state index contributed by atoms with van der Waals surface area (Å²) < 4.78 is 1.11. The Kier molecular flexibility index (Phi) is 11.1. The Bertz CT molecular complexity index is 406. The van der Waals surface area contributed by atoms with Crippen LogP contribution in [0.1, 0.15) is 79.6 Å². The predicted octanol–water partition coefficient (Wildman–Crippen LogP) is 3.36. The molecule has 0 heterocycles. The molecule has 0 saturated carbocycles. The van der Waals surface area contributed by atoms with E-state index >= 15 is 0 Å². The van der Waals surface area contributed by atoms with E-state index in [9.17, 15) is 0 Å². The largest absolute Gasteiger partial charge is 1.00 e. The summed E-state index contributed by atoms with van der Waals surface area (Å²) in [5, 5.41) is 0. The van der Waals surface area contributed by atoms with Gasteiger partial charge in [-0.15, -0.1) is 0 Å². The standard InChI is InChI=1S/C22H42N.HI/c1-8-9-10-11-12-18-23(6,7)20(3)15-16-21-19(2)14-13-17-22(21,4)5;/h14-16,20-21H,8-13,17-18H2,1-7H3;1H/q+1;/p-1/b16-15+;. The van der Waals surface area contributed by atoms with Gasteiger partial charge in [0, 0.05) is 5.92 Å². The lowest BCUT2D eigenvalue weighted by Gasteiger charge is -2.38. The molecule has 2 unspecified atom stereocenters. The SMILES string of the molecule is CCCCCCC[N+](C)(C)C(C)/C=C/C1C(C)=CCCC1(C)C.[I-]. The number of quaternary nitrogens is 1. The van der Waals surface area contributed by atoms with Crippen molar-refractivity contribution in [2.75, 3.05) is 20.6 Å². The molecule has 1 nitrogen and oxygen atoms in total. The fraction of sp³-hybridized carbons (Fsp3) is 0.818. The van der Waals surface area contributed by atoms with E-state index in [4.69, 9.17) is 0 Å². The summed E-state index contributed by atoms with van der Waals surface area (Å²) in [7, 11) is 4.78. The zero-order valence-corrected chi connectivity index (χ0v) is 19.5. The van der Waals surface area contributed by atoms with Gasteiger partial charge in [0.2, 0.25) is 0 Å². The van der Waals surface area contributed by atoms with Gasteiger partial charge in [0.1, 0.15) is 6.04 Å². The Balaban J connectivity index is 0.00000529. The first-order valence-corrected chi connectivity index (χ1v) is 9.88. The van der Waals surface area contributed by atoms with Gasteiger partial charge < -0.3 is 28.5 Å². The topological polar surface area (TPSA) is 0 Å². The predicted molar refractivity (Wildman–Crippen MR) is 105 cm³/mol. The molecule has 0 radical (unpaired) electrons. The van der Waals surface area contributed by atoms with Gasteiger partial charge in [0.05, 0.1) is 20.6 Å². The third-order valence-electron chi connectivity index (χ3n) is 6.11. The number of nitrogens with zero attached hydrogens (tertiary/aromatic N) is 1. The Morgan fingerprint density at radius 2 is 1.83 bits per heavy atom. The third-order valence-corrected chi connectivity index (χ3v) is 6.11. The molecular weight excluding hydrogens is 405 g/mol. The van der Waals surface area contributed by atoms with Crippen LogP contribution in [0, 0.1) is 11.3 Å². The molecule has 0 aromatic heterocycles. The molecular formula is C22H42IN. The van der Waals surface area contributed by atoms with Crippen LogP contribution in [0.5, 0.6) is 0 Å². The number of hydrogen-bond acceptors (Lipinski definition) is 0. The Labute approximate surface area is 169 Å². The van der Waals surface area contributed by atoms with Crippen molar-refractivity contribution in [2.45, 2.75) is 85.6 Å². The molecule has 0 fully saturated rings. The van der Waals surface area contributed by atoms with E-state index in [1.807, 2.05) is 0 Å². The molecule has 0 aromatic carbocycles. The molecule has 142 valence electrons. The molecule has 2 heteroatoms. The highest BCUT2D eigenvalue weighted by Gasteiger charge is 2.31. The van der Waals surface area contributed by atoms with Crippen LogP contribution in [0.3, 0.4) is 0 Å². The van der Waals surface area contributed by atoms with Crippen LogP contribution in [0.25, 0.3) is 0 Å². The van der Waals surface area contributed by atoms with E-state index in [1.54, 1.807) is 5.57 Å². The van der Waals surface area contributed by atoms with Crippen molar-refractivity contribution in [2.24, 2.45) is 11.3 Å². The fourth-order valence-electron chi connectivity index (χ4n) is 3.81. The molecule has 2 atom stereocenters. The molecule has 0 spiro atoms. The highest BCUT2D eigenvalue weighted by molar-refractivity contribution is 5.19. The molecule has 0 aromatic rings. The highest BCUT2D eigenvalue weighted by atomic mass is 127. The highest BCUT2D eigenvalue weighted by Crippen LogP contribution is 2.41. The maximum absolute atomic E-state index is 2.51. The summed E-state index contributed by atoms with van der Waals surface area (Å²) in [4.78, 5) is 0. The van der Waals surface area contributed by atoms with Crippen molar-refractivity contribution in [3.63, 3.8) is 0 Å². The second kappa shape index (κ2) is 11.0. The number of hydrogen-bond donors (Lipinski definition) is 0. The van der Waals surface area contributed by atoms with Gasteiger partial charge >= 0.3 is 0 Å². The number of rotatable bonds is 9. The zero-order valence-electron chi connectivity index (χ0n) is 17.4. The number of likely N-dealkylation sites (N-methyl/N-ethyl adjacent to an activating group) is 1. The lowest BCUT2D eigenvalue weighted by molar-refractivity contribution is -0.906. The van der Waals surface area contributed by atoms with Crippen molar-refractivity contribution < 1.29 is 28.5 Å². The van der Waals surface area contributed by atoms with Gasteiger partial charge in [-0.25, -0.2) is 0 Å². The Morgan fingerprint density at radius 1 is 1.21 bits per heavy atom. The maximum Gasteiger partial charge on any atom is 0.104 e. The third kappa shape index (κ3) is 7.59. The van der Waals surface area contributed by atoms with E-state index in [-0.39, 0.29) is 24.0 Å². The van der Waals surface area contributed by atoms with E-state index in [0.717, 1.165) is 4.48 Å². The van der Waals surface area contributed by atoms with Crippen molar-refractivity contribution >= 4 is 0 Å². The number of unbranched alkanes of at least 4 members (excludes halogenated alkanes) is 4. The average molecular weight is 447 g/mol. The molecule has 0 amide bonds. The average Bonchev–Trinajstić information content (AvgIpc) is 2.45. The van der Waals surface area contributed by atoms with Gasteiger partial charge in [-0.05, 0) is 51.0 Å². The van der Waals surface area contributed by atoms with Crippen molar-refractivity contribution in [1.29, 1.82) is 0 Å². The number of allylic oxidation sites excluding steroid dienone is 3. The molecule has 1 rings (SSSR count). The minimum Gasteiger partial charge on any atom is -1.00 e. The van der Waals surface area contributed by atoms with Gasteiger partial charge in [-0.1, -0.05) is 57.8 Å². The van der Waals surface area contributed by atoms with Gasteiger partial charge in [0.15, 0.2) is 0 Å². The molecule has 24 heavy (non-hydrogen) atoms. The summed E-state index contributed by atoms with van der Waals surface area (Å²) >= 11 is 0. The molecule has 0 bridgehead atoms. The normalized spacial score (nSPS) is 22.1. The smallest absolute Gasteiger partial charge is 0.104 e. The second-order valence-corrected chi connectivity index (χ2v) is 9.00. The van der Waals surface area contributed by atoms with Gasteiger partial charge in [0.25, 0.3) is 0 Å². The summed E-state index contributed by atoms with van der Waals surface area (Å²) in [6, 6.07) is 0.590. The molecule has 0 N–H and O–H groups in total. The van der Waals surface area contributed by atoms with Crippen LogP contribution in [0.4, 0.5) is 0 Å². The van der Waals surface area contributed by atoms with Crippen LogP contribution < -0.4 is 24.0 Å². The first-order chi connectivity index (χ1) is 10.7. The van der Waals surface area contributed by atoms with Gasteiger partial charge in [-0.3, -0.25) is 0 Å². The fourth-order valence-corrected chi connectivity index (χ4v) is 3.81. The molecule has 0 aliphatic heterocycles. The van der Waals surface area contributed by atoms with Crippen molar-refractivity contribution in [3.05, 3.63) is 23.8 Å². The lowest BCUT2D eigenvalue weighted by atomic mass is 9.68. The van der Waals surface area contributed by atoms with Crippen LogP contribution >= 0.6 is 0 Å². The van der Waals surface area contributed by atoms with E-state index in [0.29, 0.717) is 17.4 Å². The minimum absolute atomic E-state index is 0.